The van der Waals surface area contributed by atoms with Crippen molar-refractivity contribution in [2.45, 2.75) is 197 Å². The molecule has 15 heteroatoms. The maximum absolute atomic E-state index is 12.2. The molecule has 15 nitrogen and oxygen atoms in total. The second-order valence-electron chi connectivity index (χ2n) is 20.3. The molecule has 8 fully saturated rings. The largest absolute Gasteiger partial charge is 0.454 e. The van der Waals surface area contributed by atoms with Crippen molar-refractivity contribution >= 4 is 5.97 Å². The Kier molecular flexibility index (Phi) is 10.4. The van der Waals surface area contributed by atoms with E-state index in [0.717, 1.165) is 32.1 Å². The Morgan fingerprint density at radius 2 is 1.55 bits per heavy atom. The number of aliphatic hydroxyl groups excluding tert-OH is 7. The van der Waals surface area contributed by atoms with E-state index in [2.05, 4.69) is 20.8 Å². The lowest BCUT2D eigenvalue weighted by Crippen LogP contribution is -2.62. The lowest BCUT2D eigenvalue weighted by molar-refractivity contribution is -0.328. The van der Waals surface area contributed by atoms with Crippen molar-refractivity contribution in [2.75, 3.05) is 13.2 Å². The van der Waals surface area contributed by atoms with Crippen molar-refractivity contribution in [3.8, 4) is 0 Å². The van der Waals surface area contributed by atoms with Gasteiger partial charge in [-0.15, -0.1) is 0 Å². The van der Waals surface area contributed by atoms with Crippen molar-refractivity contribution in [3.63, 3.8) is 0 Å². The lowest BCUT2D eigenvalue weighted by atomic mass is 9.42. The van der Waals surface area contributed by atoms with E-state index in [0.29, 0.717) is 32.1 Å². The molecular formula is C41H66O15. The van der Waals surface area contributed by atoms with Crippen LogP contribution < -0.4 is 0 Å². The highest BCUT2D eigenvalue weighted by Gasteiger charge is 2.83. The van der Waals surface area contributed by atoms with Gasteiger partial charge in [0.25, 0.3) is 0 Å². The Labute approximate surface area is 328 Å². The molecule has 5 aliphatic carbocycles. The minimum atomic E-state index is -1.60. The summed E-state index contributed by atoms with van der Waals surface area (Å²) < 4.78 is 37.1. The molecule has 3 aliphatic heterocycles. The van der Waals surface area contributed by atoms with E-state index >= 15 is 0 Å². The summed E-state index contributed by atoms with van der Waals surface area (Å²) in [5.41, 5.74) is -2.50. The van der Waals surface area contributed by atoms with Gasteiger partial charge < -0.3 is 69.3 Å². The highest BCUT2D eigenvalue weighted by Crippen LogP contribution is 2.88. The van der Waals surface area contributed by atoms with Gasteiger partial charge in [0.1, 0.15) is 36.6 Å². The van der Waals surface area contributed by atoms with Crippen LogP contribution in [0.15, 0.2) is 0 Å². The van der Waals surface area contributed by atoms with Crippen LogP contribution in [0.25, 0.3) is 0 Å². The normalized spacial score (nSPS) is 56.8. The molecule has 0 amide bonds. The van der Waals surface area contributed by atoms with E-state index in [-0.39, 0.29) is 52.1 Å². The topological polar surface area (TPSA) is 234 Å². The average molecular weight is 799 g/mol. The van der Waals surface area contributed by atoms with Crippen molar-refractivity contribution in [3.05, 3.63) is 0 Å². The molecule has 8 rings (SSSR count). The molecule has 320 valence electrons. The fourth-order valence-corrected chi connectivity index (χ4v) is 14.3. The number of aliphatic hydroxyl groups is 8. The zero-order valence-corrected chi connectivity index (χ0v) is 33.7. The summed E-state index contributed by atoms with van der Waals surface area (Å²) in [5, 5.41) is 86.6. The van der Waals surface area contributed by atoms with Crippen LogP contribution >= 0.6 is 0 Å². The van der Waals surface area contributed by atoms with Gasteiger partial charge in [-0.25, -0.2) is 0 Å². The Morgan fingerprint density at radius 1 is 0.821 bits per heavy atom. The number of ether oxygens (including phenoxy) is 6. The number of carbonyl (C=O) groups is 1. The Hall–Kier alpha value is -1.05. The van der Waals surface area contributed by atoms with Crippen LogP contribution in [0.4, 0.5) is 0 Å². The molecule has 8 aliphatic rings. The van der Waals surface area contributed by atoms with Crippen molar-refractivity contribution in [2.24, 2.45) is 39.4 Å². The standard InChI is InChI=1S/C41H66O15/c1-19(43)52-32-28(46)23(45)17-51-35(32)53-20-7-10-40-18-41(40)12-11-37(4)33(39(6)9-8-27(56-39)36(2,3)50)22(44)15-38(37,5)26(41)14-24(21(40)13-20)54-34-31(49)30(48)29(47)25(16-42)55-34/h20-35,42,44-50H,7-18H2,1-6H3/t20-,21+,22-,23+,24-,25+,26-,27-,28-,29+,30-,31+,32+,33-,34+,35-,37+,38-,39+,40+,41+/m0/s1. The van der Waals surface area contributed by atoms with Crippen LogP contribution in [0.3, 0.4) is 0 Å². The van der Waals surface area contributed by atoms with E-state index in [1.165, 1.54) is 6.92 Å². The maximum Gasteiger partial charge on any atom is 0.303 e. The van der Waals surface area contributed by atoms with E-state index < -0.39 is 97.4 Å². The Morgan fingerprint density at radius 3 is 2.21 bits per heavy atom. The molecule has 21 atom stereocenters. The third-order valence-corrected chi connectivity index (χ3v) is 17.1. The molecule has 2 spiro atoms. The summed E-state index contributed by atoms with van der Waals surface area (Å²) in [7, 11) is 0. The number of hydrogen-bond acceptors (Lipinski definition) is 15. The third-order valence-electron chi connectivity index (χ3n) is 17.1. The molecule has 0 unspecified atom stereocenters. The maximum atomic E-state index is 12.2. The van der Waals surface area contributed by atoms with Crippen LogP contribution in [0.1, 0.15) is 106 Å². The van der Waals surface area contributed by atoms with Crippen LogP contribution in [0.5, 0.6) is 0 Å². The van der Waals surface area contributed by atoms with Gasteiger partial charge in [0.05, 0.1) is 48.8 Å². The minimum absolute atomic E-state index is 0.0459. The second kappa shape index (κ2) is 14.0. The van der Waals surface area contributed by atoms with E-state index in [9.17, 15) is 45.6 Å². The van der Waals surface area contributed by atoms with Crippen molar-refractivity contribution in [1.82, 2.24) is 0 Å². The SMILES string of the molecule is CC(=O)O[C@H]1[C@H](O[C@H]2CC[C@]34C[C@@]35CC[C@]3(C)[C@@H]([C@@]6(C)CC[C@@H](C(C)(C)O)O6)[C@@H](O)C[C@@]3(C)[C@@H]5C[C@H](O[C@@H]3O[C@H](CO)[C@@H](O)[C@H](O)[C@H]3O)[C@H]4C2)OC[C@@H](O)[C@@H]1O. The minimum Gasteiger partial charge on any atom is -0.454 e. The van der Waals surface area contributed by atoms with E-state index in [4.69, 9.17) is 28.4 Å². The molecule has 0 aromatic carbocycles. The molecule has 0 radical (unpaired) electrons. The summed E-state index contributed by atoms with van der Waals surface area (Å²) in [6, 6.07) is 0. The lowest BCUT2D eigenvalue weighted by Gasteiger charge is -2.63. The zero-order valence-electron chi connectivity index (χ0n) is 33.7. The van der Waals surface area contributed by atoms with Gasteiger partial charge in [-0.1, -0.05) is 13.8 Å². The predicted octanol–water partition coefficient (Wildman–Crippen LogP) is 0.659. The first-order valence-corrected chi connectivity index (χ1v) is 21.0. The molecule has 0 bridgehead atoms. The molecular weight excluding hydrogens is 732 g/mol. The van der Waals surface area contributed by atoms with Crippen LogP contribution in [0, 0.1) is 39.4 Å². The summed E-state index contributed by atoms with van der Waals surface area (Å²) in [5.74, 6) is -0.800. The fourth-order valence-electron chi connectivity index (χ4n) is 14.3. The fraction of sp³-hybridized carbons (Fsp3) is 0.976. The van der Waals surface area contributed by atoms with Gasteiger partial charge in [-0.3, -0.25) is 4.79 Å². The van der Waals surface area contributed by atoms with Gasteiger partial charge in [-0.05, 0) is 118 Å². The first-order valence-electron chi connectivity index (χ1n) is 21.0. The molecule has 8 N–H and O–H groups in total. The molecule has 0 aromatic heterocycles. The third kappa shape index (κ3) is 6.11. The highest BCUT2D eigenvalue weighted by atomic mass is 16.7. The van der Waals surface area contributed by atoms with Crippen molar-refractivity contribution < 1.29 is 74.1 Å². The number of esters is 1. The first-order chi connectivity index (χ1) is 26.1. The van der Waals surface area contributed by atoms with Crippen LogP contribution in [-0.2, 0) is 33.2 Å². The monoisotopic (exact) mass is 798 g/mol. The molecule has 3 saturated heterocycles. The van der Waals surface area contributed by atoms with E-state index in [1.54, 1.807) is 13.8 Å². The number of hydrogen-bond donors (Lipinski definition) is 8. The quantitative estimate of drug-likeness (QED) is 0.125. The summed E-state index contributed by atoms with van der Waals surface area (Å²) in [6.45, 7) is 10.8. The number of fused-ring (bicyclic) bond motifs is 2. The van der Waals surface area contributed by atoms with Crippen LogP contribution in [-0.4, -0.2) is 151 Å². The average Bonchev–Trinajstić information content (AvgIpc) is 3.49. The number of rotatable bonds is 8. The van der Waals surface area contributed by atoms with Gasteiger partial charge in [0, 0.05) is 12.8 Å². The number of carbonyl (C=O) groups excluding carboxylic acids is 1. The molecule has 5 saturated carbocycles. The zero-order chi connectivity index (χ0) is 40.5. The summed E-state index contributed by atoms with van der Waals surface area (Å²) in [4.78, 5) is 12.0. The summed E-state index contributed by atoms with van der Waals surface area (Å²) >= 11 is 0. The molecule has 56 heavy (non-hydrogen) atoms. The Balaban J connectivity index is 1.11. The second-order valence-corrected chi connectivity index (χ2v) is 20.3. The molecule has 3 heterocycles. The van der Waals surface area contributed by atoms with E-state index in [1.807, 2.05) is 0 Å². The van der Waals surface area contributed by atoms with Crippen molar-refractivity contribution in [1.29, 1.82) is 0 Å². The van der Waals surface area contributed by atoms with Crippen LogP contribution in [0.2, 0.25) is 0 Å². The predicted molar refractivity (Wildman–Crippen MR) is 194 cm³/mol. The highest BCUT2D eigenvalue weighted by molar-refractivity contribution is 5.66. The van der Waals surface area contributed by atoms with Gasteiger partial charge in [0.2, 0.25) is 0 Å². The summed E-state index contributed by atoms with van der Waals surface area (Å²) in [6.07, 6.45) is -6.63. The van der Waals surface area contributed by atoms with Gasteiger partial charge in [0.15, 0.2) is 18.7 Å². The van der Waals surface area contributed by atoms with Gasteiger partial charge >= 0.3 is 5.97 Å². The first kappa shape index (κ1) is 41.7. The molecule has 0 aromatic rings. The van der Waals surface area contributed by atoms with Gasteiger partial charge in [-0.2, -0.15) is 0 Å². The Bertz CT molecular complexity index is 1490. The smallest absolute Gasteiger partial charge is 0.303 e.